The van der Waals surface area contributed by atoms with Crippen molar-refractivity contribution in [1.82, 2.24) is 9.88 Å². The van der Waals surface area contributed by atoms with Crippen LogP contribution in [-0.2, 0) is 9.53 Å². The molecule has 134 valence electrons. The van der Waals surface area contributed by atoms with Crippen LogP contribution in [0, 0.1) is 11.3 Å². The van der Waals surface area contributed by atoms with Gasteiger partial charge in [-0.25, -0.2) is 9.59 Å². The maximum atomic E-state index is 12.5. The normalized spacial score (nSPS) is 14.9. The summed E-state index contributed by atoms with van der Waals surface area (Å²) in [4.78, 5) is 37.3. The van der Waals surface area contributed by atoms with Crippen molar-refractivity contribution in [3.05, 3.63) is 30.0 Å². The van der Waals surface area contributed by atoms with Crippen LogP contribution in [0.3, 0.4) is 0 Å². The van der Waals surface area contributed by atoms with E-state index in [1.807, 2.05) is 0 Å². The Kier molecular flexibility index (Phi) is 4.16. The first-order valence-corrected chi connectivity index (χ1v) is 8.09. The number of amides is 3. The van der Waals surface area contributed by atoms with Crippen LogP contribution in [-0.4, -0.2) is 34.7 Å². The second kappa shape index (κ2) is 6.19. The molecule has 1 fully saturated rings. The van der Waals surface area contributed by atoms with Crippen molar-refractivity contribution in [2.45, 2.75) is 32.8 Å². The van der Waals surface area contributed by atoms with Crippen LogP contribution in [0.15, 0.2) is 24.4 Å². The highest BCUT2D eigenvalue weighted by molar-refractivity contribution is 6.07. The number of carbonyl (C=O) groups is 3. The number of imide groups is 1. The molecule has 0 bridgehead atoms. The summed E-state index contributed by atoms with van der Waals surface area (Å²) >= 11 is 0. The zero-order chi connectivity index (χ0) is 19.1. The highest BCUT2D eigenvalue weighted by atomic mass is 16.6. The summed E-state index contributed by atoms with van der Waals surface area (Å²) < 4.78 is 6.69. The highest BCUT2D eigenvalue weighted by Gasteiger charge is 2.26. The van der Waals surface area contributed by atoms with Gasteiger partial charge in [0, 0.05) is 30.2 Å². The highest BCUT2D eigenvalue weighted by Crippen LogP contribution is 2.28. The molecule has 2 aromatic rings. The average molecular weight is 354 g/mol. The molecule has 1 aliphatic heterocycles. The van der Waals surface area contributed by atoms with E-state index in [9.17, 15) is 19.6 Å². The Morgan fingerprint density at radius 1 is 1.31 bits per heavy atom. The van der Waals surface area contributed by atoms with Crippen LogP contribution in [0.4, 0.5) is 15.3 Å². The Morgan fingerprint density at radius 3 is 2.65 bits per heavy atom. The maximum absolute atomic E-state index is 12.5. The second-order valence-corrected chi connectivity index (χ2v) is 6.96. The van der Waals surface area contributed by atoms with Gasteiger partial charge < -0.3 is 4.74 Å². The first-order valence-electron chi connectivity index (χ1n) is 8.09. The van der Waals surface area contributed by atoms with Crippen molar-refractivity contribution in [3.8, 4) is 6.07 Å². The SMILES string of the molecule is CC(C)(C)OC(=O)n1ccc2c(C#N)cc(N3CCC(=O)NC3=O)cc21. The number of anilines is 1. The summed E-state index contributed by atoms with van der Waals surface area (Å²) in [6.07, 6.45) is 1.12. The first kappa shape index (κ1) is 17.5. The van der Waals surface area contributed by atoms with E-state index in [2.05, 4.69) is 11.4 Å². The molecule has 8 nitrogen and oxygen atoms in total. The largest absolute Gasteiger partial charge is 0.443 e. The number of nitrogens with zero attached hydrogens (tertiary/aromatic N) is 3. The van der Waals surface area contributed by atoms with Gasteiger partial charge in [0.15, 0.2) is 0 Å². The Hall–Kier alpha value is -3.34. The molecule has 1 saturated heterocycles. The van der Waals surface area contributed by atoms with Crippen molar-refractivity contribution < 1.29 is 19.1 Å². The zero-order valence-electron chi connectivity index (χ0n) is 14.7. The van der Waals surface area contributed by atoms with E-state index < -0.39 is 17.7 Å². The molecule has 8 heteroatoms. The van der Waals surface area contributed by atoms with Crippen molar-refractivity contribution in [2.75, 3.05) is 11.4 Å². The fourth-order valence-corrected chi connectivity index (χ4v) is 2.76. The number of benzene rings is 1. The van der Waals surface area contributed by atoms with Gasteiger partial charge in [0.25, 0.3) is 0 Å². The second-order valence-electron chi connectivity index (χ2n) is 6.96. The van der Waals surface area contributed by atoms with E-state index in [0.717, 1.165) is 0 Å². The lowest BCUT2D eigenvalue weighted by Gasteiger charge is -2.27. The Labute approximate surface area is 149 Å². The molecule has 0 atom stereocenters. The summed E-state index contributed by atoms with van der Waals surface area (Å²) in [5.74, 6) is -0.343. The summed E-state index contributed by atoms with van der Waals surface area (Å²) in [6.45, 7) is 5.49. The van der Waals surface area contributed by atoms with Crippen LogP contribution in [0.25, 0.3) is 10.9 Å². The van der Waals surface area contributed by atoms with Crippen molar-refractivity contribution in [1.29, 1.82) is 5.26 Å². The first-order chi connectivity index (χ1) is 12.2. The van der Waals surface area contributed by atoms with Crippen LogP contribution >= 0.6 is 0 Å². The minimum atomic E-state index is -0.670. The van der Waals surface area contributed by atoms with E-state index in [4.69, 9.17) is 4.74 Å². The number of nitriles is 1. The van der Waals surface area contributed by atoms with Crippen molar-refractivity contribution in [2.24, 2.45) is 0 Å². The zero-order valence-corrected chi connectivity index (χ0v) is 14.7. The fourth-order valence-electron chi connectivity index (χ4n) is 2.76. The number of carbonyl (C=O) groups excluding carboxylic acids is 3. The molecule has 3 rings (SSSR count). The molecule has 1 aromatic heterocycles. The van der Waals surface area contributed by atoms with Gasteiger partial charge in [-0.3, -0.25) is 19.6 Å². The Bertz CT molecular complexity index is 962. The molecule has 0 radical (unpaired) electrons. The Balaban J connectivity index is 2.08. The molecule has 1 aliphatic rings. The van der Waals surface area contributed by atoms with Gasteiger partial charge in [0.05, 0.1) is 17.1 Å². The lowest BCUT2D eigenvalue weighted by molar-refractivity contribution is -0.120. The summed E-state index contributed by atoms with van der Waals surface area (Å²) in [7, 11) is 0. The van der Waals surface area contributed by atoms with Gasteiger partial charge in [-0.05, 0) is 39.0 Å². The molecular weight excluding hydrogens is 336 g/mol. The predicted octanol–water partition coefficient (Wildman–Crippen LogP) is 2.74. The van der Waals surface area contributed by atoms with E-state index in [-0.39, 0.29) is 18.9 Å². The fraction of sp³-hybridized carbons (Fsp3) is 0.333. The van der Waals surface area contributed by atoms with Gasteiger partial charge >= 0.3 is 12.1 Å². The van der Waals surface area contributed by atoms with E-state index in [1.54, 1.807) is 39.0 Å². The van der Waals surface area contributed by atoms with Gasteiger partial charge in [-0.2, -0.15) is 5.26 Å². The lowest BCUT2D eigenvalue weighted by atomic mass is 10.1. The number of ether oxygens (including phenoxy) is 1. The van der Waals surface area contributed by atoms with Gasteiger partial charge in [0.2, 0.25) is 5.91 Å². The van der Waals surface area contributed by atoms with E-state index >= 15 is 0 Å². The average Bonchev–Trinajstić information content (AvgIpc) is 2.96. The number of fused-ring (bicyclic) bond motifs is 1. The Morgan fingerprint density at radius 2 is 2.04 bits per heavy atom. The summed E-state index contributed by atoms with van der Waals surface area (Å²) in [5.41, 5.74) is 0.543. The maximum Gasteiger partial charge on any atom is 0.418 e. The molecule has 1 N–H and O–H groups in total. The standard InChI is InChI=1S/C18H18N4O4/c1-18(2,3)26-17(25)22-6-4-13-11(10-19)8-12(9-14(13)22)21-7-5-15(23)20-16(21)24/h4,6,8-9H,5,7H2,1-3H3,(H,20,23,24). The van der Waals surface area contributed by atoms with Gasteiger partial charge in [-0.15, -0.1) is 0 Å². The number of urea groups is 1. The van der Waals surface area contributed by atoms with E-state index in [1.165, 1.54) is 15.7 Å². The molecule has 0 aliphatic carbocycles. The predicted molar refractivity (Wildman–Crippen MR) is 93.8 cm³/mol. The number of hydrogen-bond donors (Lipinski definition) is 1. The minimum absolute atomic E-state index is 0.165. The number of rotatable bonds is 1. The third kappa shape index (κ3) is 3.24. The van der Waals surface area contributed by atoms with Crippen molar-refractivity contribution >= 4 is 34.6 Å². The van der Waals surface area contributed by atoms with Crippen LogP contribution < -0.4 is 10.2 Å². The number of nitrogens with one attached hydrogen (secondary N) is 1. The molecular formula is C18H18N4O4. The molecule has 0 unspecified atom stereocenters. The number of aromatic nitrogens is 1. The molecule has 2 heterocycles. The van der Waals surface area contributed by atoms with Crippen LogP contribution in [0.2, 0.25) is 0 Å². The monoisotopic (exact) mass is 354 g/mol. The third-order valence-electron chi connectivity index (χ3n) is 3.87. The third-order valence-corrected chi connectivity index (χ3v) is 3.87. The summed E-state index contributed by atoms with van der Waals surface area (Å²) in [6, 6.07) is 6.38. The van der Waals surface area contributed by atoms with Crippen LogP contribution in [0.1, 0.15) is 32.8 Å². The molecule has 26 heavy (non-hydrogen) atoms. The van der Waals surface area contributed by atoms with Crippen LogP contribution in [0.5, 0.6) is 0 Å². The lowest BCUT2D eigenvalue weighted by Crippen LogP contribution is -2.49. The van der Waals surface area contributed by atoms with Crippen molar-refractivity contribution in [3.63, 3.8) is 0 Å². The quantitative estimate of drug-likeness (QED) is 0.848. The molecule has 0 spiro atoms. The van der Waals surface area contributed by atoms with Gasteiger partial charge in [-0.1, -0.05) is 0 Å². The topological polar surface area (TPSA) is 104 Å². The number of hydrogen-bond acceptors (Lipinski definition) is 5. The van der Waals surface area contributed by atoms with Gasteiger partial charge in [0.1, 0.15) is 5.60 Å². The smallest absolute Gasteiger partial charge is 0.418 e. The summed E-state index contributed by atoms with van der Waals surface area (Å²) in [5, 5.41) is 12.3. The molecule has 1 aromatic carbocycles. The minimum Gasteiger partial charge on any atom is -0.443 e. The molecule has 0 saturated carbocycles. The molecule has 3 amide bonds. The van der Waals surface area contributed by atoms with E-state index in [0.29, 0.717) is 22.2 Å².